The van der Waals surface area contributed by atoms with Gasteiger partial charge in [0.1, 0.15) is 0 Å². The Kier molecular flexibility index (Phi) is 2.41. The van der Waals surface area contributed by atoms with Crippen LogP contribution >= 0.6 is 0 Å². The fourth-order valence-corrected chi connectivity index (χ4v) is 1.34. The highest BCUT2D eigenvalue weighted by atomic mass is 16.5. The summed E-state index contributed by atoms with van der Waals surface area (Å²) in [5.41, 5.74) is 0. The molecule has 0 saturated heterocycles. The number of hydrogen-bond acceptors (Lipinski definition) is 5. The molecule has 1 aliphatic carbocycles. The van der Waals surface area contributed by atoms with Gasteiger partial charge in [0.05, 0.1) is 12.1 Å². The van der Waals surface area contributed by atoms with Gasteiger partial charge in [-0.05, 0) is 12.8 Å². The monoisotopic (exact) mass is 197 g/mol. The molecule has 0 spiro atoms. The molecule has 2 atom stereocenters. The van der Waals surface area contributed by atoms with Gasteiger partial charge in [-0.25, -0.2) is 0 Å². The van der Waals surface area contributed by atoms with Crippen LogP contribution in [0.25, 0.3) is 0 Å². The van der Waals surface area contributed by atoms with Crippen LogP contribution in [0, 0.1) is 0 Å². The molecule has 0 bridgehead atoms. The van der Waals surface area contributed by atoms with E-state index in [4.69, 9.17) is 4.52 Å². The van der Waals surface area contributed by atoms with Crippen LogP contribution in [-0.2, 0) is 0 Å². The standard InChI is InChI=1S/C9H15N3O2/c1-5(2)8-11-9(14-12-8)10-6-3-4-7(6)13/h5-7,13H,3-4H2,1-2H3,(H,10,11,12)/t6-,7-/m1/s1. The third kappa shape index (κ3) is 1.72. The lowest BCUT2D eigenvalue weighted by molar-refractivity contribution is 0.0771. The van der Waals surface area contributed by atoms with Gasteiger partial charge in [0.2, 0.25) is 0 Å². The first kappa shape index (κ1) is 9.45. The van der Waals surface area contributed by atoms with Gasteiger partial charge in [-0.2, -0.15) is 4.98 Å². The van der Waals surface area contributed by atoms with Gasteiger partial charge in [-0.15, -0.1) is 0 Å². The maximum Gasteiger partial charge on any atom is 0.321 e. The molecule has 5 heteroatoms. The minimum absolute atomic E-state index is 0.0791. The Morgan fingerprint density at radius 1 is 1.50 bits per heavy atom. The van der Waals surface area contributed by atoms with Crippen molar-refractivity contribution in [1.82, 2.24) is 10.1 Å². The Labute approximate surface area is 82.5 Å². The van der Waals surface area contributed by atoms with Gasteiger partial charge in [-0.1, -0.05) is 19.0 Å². The second-order valence-electron chi connectivity index (χ2n) is 4.01. The van der Waals surface area contributed by atoms with Crippen molar-refractivity contribution in [2.24, 2.45) is 0 Å². The third-order valence-electron chi connectivity index (χ3n) is 2.50. The second-order valence-corrected chi connectivity index (χ2v) is 4.01. The minimum atomic E-state index is -0.274. The fraction of sp³-hybridized carbons (Fsp3) is 0.778. The smallest absolute Gasteiger partial charge is 0.321 e. The predicted molar refractivity (Wildman–Crippen MR) is 51.0 cm³/mol. The first-order chi connectivity index (χ1) is 6.66. The highest BCUT2D eigenvalue weighted by molar-refractivity contribution is 5.23. The summed E-state index contributed by atoms with van der Waals surface area (Å²) in [5, 5.41) is 16.2. The summed E-state index contributed by atoms with van der Waals surface area (Å²) >= 11 is 0. The molecule has 0 aliphatic heterocycles. The van der Waals surface area contributed by atoms with E-state index < -0.39 is 0 Å². The lowest BCUT2D eigenvalue weighted by atomic mass is 9.89. The Morgan fingerprint density at radius 2 is 2.29 bits per heavy atom. The summed E-state index contributed by atoms with van der Waals surface area (Å²) in [6, 6.07) is 0.493. The molecule has 78 valence electrons. The van der Waals surface area contributed by atoms with Crippen molar-refractivity contribution in [3.05, 3.63) is 5.82 Å². The summed E-state index contributed by atoms with van der Waals surface area (Å²) < 4.78 is 5.00. The van der Waals surface area contributed by atoms with Crippen molar-refractivity contribution in [3.8, 4) is 0 Å². The summed E-state index contributed by atoms with van der Waals surface area (Å²) in [4.78, 5) is 4.17. The van der Waals surface area contributed by atoms with Crippen LogP contribution in [0.15, 0.2) is 4.52 Å². The molecule has 1 fully saturated rings. The Balaban J connectivity index is 1.96. The van der Waals surface area contributed by atoms with Gasteiger partial charge in [-0.3, -0.25) is 0 Å². The molecule has 1 aromatic rings. The maximum atomic E-state index is 9.33. The first-order valence-electron chi connectivity index (χ1n) is 4.95. The Morgan fingerprint density at radius 3 is 2.71 bits per heavy atom. The lowest BCUT2D eigenvalue weighted by Gasteiger charge is -2.31. The summed E-state index contributed by atoms with van der Waals surface area (Å²) in [5.74, 6) is 0.960. The molecule has 14 heavy (non-hydrogen) atoms. The average molecular weight is 197 g/mol. The van der Waals surface area contributed by atoms with Crippen molar-refractivity contribution in [2.75, 3.05) is 5.32 Å². The Bertz CT molecular complexity index is 311. The zero-order chi connectivity index (χ0) is 10.1. The van der Waals surface area contributed by atoms with E-state index in [1.807, 2.05) is 13.8 Å². The van der Waals surface area contributed by atoms with E-state index in [0.717, 1.165) is 12.8 Å². The molecule has 0 unspecified atom stereocenters. The van der Waals surface area contributed by atoms with Crippen molar-refractivity contribution in [2.45, 2.75) is 44.8 Å². The second kappa shape index (κ2) is 3.57. The van der Waals surface area contributed by atoms with E-state index in [1.165, 1.54) is 0 Å². The molecule has 1 aromatic heterocycles. The van der Waals surface area contributed by atoms with Crippen molar-refractivity contribution < 1.29 is 9.63 Å². The highest BCUT2D eigenvalue weighted by Gasteiger charge is 2.30. The van der Waals surface area contributed by atoms with E-state index in [0.29, 0.717) is 11.8 Å². The predicted octanol–water partition coefficient (Wildman–Crippen LogP) is 1.13. The Hall–Kier alpha value is -1.10. The molecule has 0 radical (unpaired) electrons. The molecule has 1 saturated carbocycles. The number of aliphatic hydroxyl groups excluding tert-OH is 1. The van der Waals surface area contributed by atoms with Crippen LogP contribution in [0.2, 0.25) is 0 Å². The maximum absolute atomic E-state index is 9.33. The van der Waals surface area contributed by atoms with Gasteiger partial charge in [0.15, 0.2) is 5.82 Å². The minimum Gasteiger partial charge on any atom is -0.391 e. The number of anilines is 1. The van der Waals surface area contributed by atoms with Crippen molar-refractivity contribution in [3.63, 3.8) is 0 Å². The van der Waals surface area contributed by atoms with E-state index in [9.17, 15) is 5.11 Å². The quantitative estimate of drug-likeness (QED) is 0.760. The van der Waals surface area contributed by atoms with Gasteiger partial charge in [0.25, 0.3) is 0 Å². The summed E-state index contributed by atoms with van der Waals surface area (Å²) in [6.07, 6.45) is 1.54. The van der Waals surface area contributed by atoms with Gasteiger partial charge in [0, 0.05) is 5.92 Å². The SMILES string of the molecule is CC(C)c1noc(N[C@@H]2CC[C@H]2O)n1. The van der Waals surface area contributed by atoms with Crippen LogP contribution in [0.1, 0.15) is 38.4 Å². The highest BCUT2D eigenvalue weighted by Crippen LogP contribution is 2.23. The molecule has 1 heterocycles. The van der Waals surface area contributed by atoms with Crippen LogP contribution in [0.3, 0.4) is 0 Å². The molecule has 0 amide bonds. The van der Waals surface area contributed by atoms with E-state index in [2.05, 4.69) is 15.5 Å². The molecule has 5 nitrogen and oxygen atoms in total. The molecular formula is C9H15N3O2. The zero-order valence-corrected chi connectivity index (χ0v) is 8.40. The normalized spacial score (nSPS) is 26.3. The van der Waals surface area contributed by atoms with Crippen molar-refractivity contribution in [1.29, 1.82) is 0 Å². The number of nitrogens with one attached hydrogen (secondary N) is 1. The summed E-state index contributed by atoms with van der Waals surface area (Å²) in [7, 11) is 0. The van der Waals surface area contributed by atoms with Crippen molar-refractivity contribution >= 4 is 6.01 Å². The number of hydrogen-bond donors (Lipinski definition) is 2. The van der Waals surface area contributed by atoms with Crippen LogP contribution < -0.4 is 5.32 Å². The summed E-state index contributed by atoms with van der Waals surface area (Å²) in [6.45, 7) is 4.01. The largest absolute Gasteiger partial charge is 0.391 e. The lowest BCUT2D eigenvalue weighted by Crippen LogP contribution is -2.42. The first-order valence-corrected chi connectivity index (χ1v) is 4.95. The third-order valence-corrected chi connectivity index (χ3v) is 2.50. The zero-order valence-electron chi connectivity index (χ0n) is 8.40. The number of rotatable bonds is 3. The molecule has 2 rings (SSSR count). The number of aromatic nitrogens is 2. The topological polar surface area (TPSA) is 71.2 Å². The number of nitrogens with zero attached hydrogens (tertiary/aromatic N) is 2. The van der Waals surface area contributed by atoms with E-state index in [1.54, 1.807) is 0 Å². The van der Waals surface area contributed by atoms with E-state index >= 15 is 0 Å². The number of aliphatic hydroxyl groups is 1. The van der Waals surface area contributed by atoms with Gasteiger partial charge < -0.3 is 14.9 Å². The average Bonchev–Trinajstić information content (AvgIpc) is 2.60. The van der Waals surface area contributed by atoms with Crippen LogP contribution in [0.4, 0.5) is 6.01 Å². The molecule has 2 N–H and O–H groups in total. The fourth-order valence-electron chi connectivity index (χ4n) is 1.34. The van der Waals surface area contributed by atoms with Gasteiger partial charge >= 0.3 is 6.01 Å². The van der Waals surface area contributed by atoms with Crippen LogP contribution in [0.5, 0.6) is 0 Å². The van der Waals surface area contributed by atoms with Crippen LogP contribution in [-0.4, -0.2) is 27.4 Å². The van der Waals surface area contributed by atoms with E-state index in [-0.39, 0.29) is 18.1 Å². The molecule has 0 aromatic carbocycles. The molecular weight excluding hydrogens is 182 g/mol. The molecule has 1 aliphatic rings.